The number of halogens is 2. The van der Waals surface area contributed by atoms with Gasteiger partial charge in [-0.15, -0.1) is 5.54 Å². The van der Waals surface area contributed by atoms with E-state index >= 15 is 0 Å². The number of benzene rings is 1. The van der Waals surface area contributed by atoms with Crippen LogP contribution < -0.4 is 0 Å². The fraction of sp³-hybridized carbons (Fsp3) is 0.176. The molecule has 0 nitrogen and oxygen atoms in total. The summed E-state index contributed by atoms with van der Waals surface area (Å²) in [5.74, 6) is 14.9. The van der Waals surface area contributed by atoms with Gasteiger partial charge in [0.1, 0.15) is 8.07 Å². The third kappa shape index (κ3) is 7.42. The lowest BCUT2D eigenvalue weighted by Gasteiger charge is -2.01. The van der Waals surface area contributed by atoms with Crippen LogP contribution in [0.5, 0.6) is 0 Å². The predicted molar refractivity (Wildman–Crippen MR) is 97.1 cm³/mol. The minimum absolute atomic E-state index is 0.693. The van der Waals surface area contributed by atoms with Gasteiger partial charge in [0.2, 0.25) is 0 Å². The zero-order chi connectivity index (χ0) is 15.0. The molecule has 3 heteroatoms. The van der Waals surface area contributed by atoms with Gasteiger partial charge in [-0.2, -0.15) is 0 Å². The summed E-state index contributed by atoms with van der Waals surface area (Å²) in [7, 11) is -1.37. The molecule has 0 atom stereocenters. The van der Waals surface area contributed by atoms with E-state index in [4.69, 9.17) is 0 Å². The molecule has 0 unspecified atom stereocenters. The molecule has 0 saturated heterocycles. The van der Waals surface area contributed by atoms with Crippen molar-refractivity contribution in [1.82, 2.24) is 0 Å². The predicted octanol–water partition coefficient (Wildman–Crippen LogP) is 4.92. The Kier molecular flexibility index (Phi) is 6.90. The van der Waals surface area contributed by atoms with Crippen LogP contribution in [0.2, 0.25) is 19.6 Å². The molecule has 0 bridgehead atoms. The van der Waals surface area contributed by atoms with Gasteiger partial charge in [-0.25, -0.2) is 0 Å². The standard InChI is InChI=1S/C17H14Br2Si/c1-20(2,3)14-8-7-11-16(17(18)19)13-12-15-9-5-4-6-10-15/h4-6,9-10H,1-3H3. The molecule has 0 aliphatic carbocycles. The van der Waals surface area contributed by atoms with Crippen LogP contribution in [0.3, 0.4) is 0 Å². The minimum atomic E-state index is -1.37. The lowest BCUT2D eigenvalue weighted by atomic mass is 10.2. The highest BCUT2D eigenvalue weighted by molar-refractivity contribution is 9.28. The fourth-order valence-electron chi connectivity index (χ4n) is 1.09. The van der Waals surface area contributed by atoms with Crippen molar-refractivity contribution < 1.29 is 0 Å². The van der Waals surface area contributed by atoms with E-state index in [9.17, 15) is 0 Å². The van der Waals surface area contributed by atoms with E-state index in [-0.39, 0.29) is 0 Å². The largest absolute Gasteiger partial charge is 0.130 e. The van der Waals surface area contributed by atoms with Crippen molar-refractivity contribution in [1.29, 1.82) is 0 Å². The molecule has 0 fully saturated rings. The lowest BCUT2D eigenvalue weighted by Crippen LogP contribution is -2.16. The maximum absolute atomic E-state index is 3.36. The van der Waals surface area contributed by atoms with Gasteiger partial charge >= 0.3 is 0 Å². The Labute approximate surface area is 139 Å². The zero-order valence-electron chi connectivity index (χ0n) is 11.6. The molecule has 0 aliphatic heterocycles. The zero-order valence-corrected chi connectivity index (χ0v) is 15.8. The summed E-state index contributed by atoms with van der Waals surface area (Å²) in [5.41, 5.74) is 4.86. The van der Waals surface area contributed by atoms with Crippen molar-refractivity contribution in [2.24, 2.45) is 0 Å². The monoisotopic (exact) mass is 404 g/mol. The molecule has 0 radical (unpaired) electrons. The first-order chi connectivity index (χ1) is 9.38. The van der Waals surface area contributed by atoms with Crippen molar-refractivity contribution in [3.8, 4) is 35.1 Å². The van der Waals surface area contributed by atoms with Crippen LogP contribution in [0.25, 0.3) is 0 Å². The van der Waals surface area contributed by atoms with Crippen LogP contribution in [0, 0.1) is 35.1 Å². The Hall–Kier alpha value is -1.18. The smallest absolute Gasteiger partial charge is 0.118 e. The first-order valence-electron chi connectivity index (χ1n) is 6.04. The molecule has 0 spiro atoms. The topological polar surface area (TPSA) is 0 Å². The van der Waals surface area contributed by atoms with Crippen molar-refractivity contribution in [2.45, 2.75) is 19.6 Å². The summed E-state index contributed by atoms with van der Waals surface area (Å²) < 4.78 is 0.746. The molecule has 0 N–H and O–H groups in total. The van der Waals surface area contributed by atoms with E-state index in [1.807, 2.05) is 30.3 Å². The van der Waals surface area contributed by atoms with Crippen molar-refractivity contribution in [2.75, 3.05) is 0 Å². The minimum Gasteiger partial charge on any atom is -0.118 e. The summed E-state index contributed by atoms with van der Waals surface area (Å²) >= 11 is 6.72. The quantitative estimate of drug-likeness (QED) is 0.424. The van der Waals surface area contributed by atoms with Gasteiger partial charge in [0, 0.05) is 5.56 Å². The highest BCUT2D eigenvalue weighted by atomic mass is 79.9. The number of rotatable bonds is 0. The second kappa shape index (κ2) is 8.18. The van der Waals surface area contributed by atoms with E-state index in [1.165, 1.54) is 0 Å². The summed E-state index contributed by atoms with van der Waals surface area (Å²) in [6.45, 7) is 6.57. The highest BCUT2D eigenvalue weighted by Gasteiger charge is 2.06. The average molecular weight is 406 g/mol. The summed E-state index contributed by atoms with van der Waals surface area (Å²) in [6, 6.07) is 9.81. The maximum atomic E-state index is 3.36. The van der Waals surface area contributed by atoms with E-state index in [0.717, 1.165) is 8.96 Å². The molecular formula is C17H14Br2Si. The van der Waals surface area contributed by atoms with Crippen molar-refractivity contribution in [3.63, 3.8) is 0 Å². The average Bonchev–Trinajstić information content (AvgIpc) is 2.37. The molecule has 0 heterocycles. The van der Waals surface area contributed by atoms with Crippen LogP contribution in [-0.2, 0) is 0 Å². The molecule has 0 aliphatic rings. The molecule has 1 rings (SSSR count). The SMILES string of the molecule is C[Si](C)(C)C#CC#CC(C#Cc1ccccc1)=C(Br)Br. The molecule has 20 heavy (non-hydrogen) atoms. The Morgan fingerprint density at radius 3 is 2.15 bits per heavy atom. The van der Waals surface area contributed by atoms with Gasteiger partial charge < -0.3 is 0 Å². The molecule has 100 valence electrons. The van der Waals surface area contributed by atoms with Crippen LogP contribution in [0.1, 0.15) is 5.56 Å². The second-order valence-electron chi connectivity index (χ2n) is 5.00. The summed E-state index contributed by atoms with van der Waals surface area (Å²) in [5, 5.41) is 0. The third-order valence-electron chi connectivity index (χ3n) is 1.98. The van der Waals surface area contributed by atoms with E-state index in [2.05, 4.69) is 86.6 Å². The Bertz CT molecular complexity index is 671. The normalized spacial score (nSPS) is 9.05. The van der Waals surface area contributed by atoms with Gasteiger partial charge in [0.05, 0.1) is 8.96 Å². The summed E-state index contributed by atoms with van der Waals surface area (Å²) in [4.78, 5) is 0. The Balaban J connectivity index is 2.95. The van der Waals surface area contributed by atoms with Gasteiger partial charge in [0.25, 0.3) is 0 Å². The molecular weight excluding hydrogens is 392 g/mol. The van der Waals surface area contributed by atoms with Crippen molar-refractivity contribution >= 4 is 39.9 Å². The Morgan fingerprint density at radius 2 is 1.60 bits per heavy atom. The lowest BCUT2D eigenvalue weighted by molar-refractivity contribution is 1.65. The second-order valence-corrected chi connectivity index (χ2v) is 12.4. The van der Waals surface area contributed by atoms with Gasteiger partial charge in [-0.3, -0.25) is 0 Å². The van der Waals surface area contributed by atoms with Gasteiger partial charge in [0.15, 0.2) is 0 Å². The molecule has 0 aromatic heterocycles. The number of hydrogen-bond acceptors (Lipinski definition) is 0. The highest BCUT2D eigenvalue weighted by Crippen LogP contribution is 2.18. The van der Waals surface area contributed by atoms with Gasteiger partial charge in [-0.05, 0) is 61.8 Å². The van der Waals surface area contributed by atoms with E-state index < -0.39 is 8.07 Å². The Morgan fingerprint density at radius 1 is 0.950 bits per heavy atom. The van der Waals surface area contributed by atoms with Crippen LogP contribution in [0.15, 0.2) is 39.3 Å². The van der Waals surface area contributed by atoms with Gasteiger partial charge in [-0.1, -0.05) is 49.7 Å². The first kappa shape index (κ1) is 16.9. The van der Waals surface area contributed by atoms with Crippen molar-refractivity contribution in [3.05, 3.63) is 44.9 Å². The van der Waals surface area contributed by atoms with E-state index in [0.29, 0.717) is 5.57 Å². The molecule has 1 aromatic carbocycles. The maximum Gasteiger partial charge on any atom is 0.130 e. The van der Waals surface area contributed by atoms with Crippen LogP contribution in [-0.4, -0.2) is 8.07 Å². The number of hydrogen-bond donors (Lipinski definition) is 0. The first-order valence-corrected chi connectivity index (χ1v) is 11.1. The number of allylic oxidation sites excluding steroid dienone is 1. The third-order valence-corrected chi connectivity index (χ3v) is 3.65. The van der Waals surface area contributed by atoms with Crippen LogP contribution >= 0.6 is 31.9 Å². The van der Waals surface area contributed by atoms with E-state index in [1.54, 1.807) is 0 Å². The summed E-state index contributed by atoms with van der Waals surface area (Å²) in [6.07, 6.45) is 0. The van der Waals surface area contributed by atoms with Crippen LogP contribution in [0.4, 0.5) is 0 Å². The molecule has 0 amide bonds. The molecule has 0 saturated carbocycles. The fourth-order valence-corrected chi connectivity index (χ4v) is 1.93. The molecule has 1 aromatic rings.